The van der Waals surface area contributed by atoms with Crippen molar-refractivity contribution in [3.8, 4) is 11.5 Å². The van der Waals surface area contributed by atoms with Crippen LogP contribution in [-0.4, -0.2) is 43.7 Å². The first-order valence-electron chi connectivity index (χ1n) is 9.06. The second-order valence-electron chi connectivity index (χ2n) is 6.83. The van der Waals surface area contributed by atoms with Gasteiger partial charge in [0.25, 0.3) is 0 Å². The summed E-state index contributed by atoms with van der Waals surface area (Å²) in [6.07, 6.45) is 1.59. The minimum absolute atomic E-state index is 0.212. The predicted octanol–water partition coefficient (Wildman–Crippen LogP) is 2.88. The van der Waals surface area contributed by atoms with Gasteiger partial charge in [-0.05, 0) is 50.6 Å². The van der Waals surface area contributed by atoms with Crippen LogP contribution in [0.15, 0.2) is 36.5 Å². The number of cyclic esters (lactones) is 1. The van der Waals surface area contributed by atoms with E-state index in [1.54, 1.807) is 6.20 Å². The number of nitrogens with zero attached hydrogens (tertiary/aromatic N) is 6. The summed E-state index contributed by atoms with van der Waals surface area (Å²) in [5.74, 6) is 1.27. The van der Waals surface area contributed by atoms with Gasteiger partial charge in [-0.1, -0.05) is 6.07 Å². The molecule has 4 rings (SSSR count). The normalized spacial score (nSPS) is 16.3. The van der Waals surface area contributed by atoms with Crippen LogP contribution in [0.2, 0.25) is 0 Å². The highest BCUT2D eigenvalue weighted by atomic mass is 16.6. The second kappa shape index (κ2) is 7.30. The first kappa shape index (κ1) is 18.0. The average molecular weight is 376 g/mol. The van der Waals surface area contributed by atoms with E-state index in [0.29, 0.717) is 30.3 Å². The van der Waals surface area contributed by atoms with Gasteiger partial charge in [-0.3, -0.25) is 4.98 Å². The zero-order valence-corrected chi connectivity index (χ0v) is 16.0. The lowest BCUT2D eigenvalue weighted by Gasteiger charge is -2.13. The van der Waals surface area contributed by atoms with Gasteiger partial charge in [0.2, 0.25) is 5.95 Å². The van der Waals surface area contributed by atoms with Gasteiger partial charge < -0.3 is 4.74 Å². The Kier molecular flexibility index (Phi) is 4.68. The van der Waals surface area contributed by atoms with Crippen molar-refractivity contribution in [2.45, 2.75) is 33.3 Å². The summed E-state index contributed by atoms with van der Waals surface area (Å²) in [7, 11) is 0. The number of amides is 1. The summed E-state index contributed by atoms with van der Waals surface area (Å²) in [4.78, 5) is 36.0. The molecule has 0 N–H and O–H groups in total. The Balaban J connectivity index is 1.77. The molecule has 0 saturated carbocycles. The van der Waals surface area contributed by atoms with Gasteiger partial charge >= 0.3 is 6.09 Å². The van der Waals surface area contributed by atoms with Crippen molar-refractivity contribution in [1.82, 2.24) is 24.9 Å². The van der Waals surface area contributed by atoms with Gasteiger partial charge in [0.1, 0.15) is 17.6 Å². The highest BCUT2D eigenvalue weighted by Gasteiger charge is 2.32. The molecule has 0 radical (unpaired) electrons. The van der Waals surface area contributed by atoms with Crippen LogP contribution < -0.4 is 4.90 Å². The van der Waals surface area contributed by atoms with Crippen molar-refractivity contribution < 1.29 is 9.53 Å². The van der Waals surface area contributed by atoms with E-state index in [1.165, 1.54) is 4.90 Å². The predicted molar refractivity (Wildman–Crippen MR) is 103 cm³/mol. The number of carbonyl (C=O) groups excluding carboxylic acids is 1. The van der Waals surface area contributed by atoms with Crippen molar-refractivity contribution in [2.24, 2.45) is 0 Å². The zero-order valence-electron chi connectivity index (χ0n) is 16.0. The monoisotopic (exact) mass is 376 g/mol. The van der Waals surface area contributed by atoms with Gasteiger partial charge in [-0.2, -0.15) is 9.97 Å². The molecule has 0 aromatic carbocycles. The largest absolute Gasteiger partial charge is 0.444 e. The van der Waals surface area contributed by atoms with Crippen LogP contribution in [0.1, 0.15) is 29.7 Å². The number of carbonyl (C=O) groups is 1. The summed E-state index contributed by atoms with van der Waals surface area (Å²) in [6, 6.07) is 9.57. The fourth-order valence-electron chi connectivity index (χ4n) is 3.05. The Bertz CT molecular complexity index is 1040. The maximum absolute atomic E-state index is 12.2. The van der Waals surface area contributed by atoms with Crippen molar-refractivity contribution in [2.75, 3.05) is 11.4 Å². The summed E-state index contributed by atoms with van der Waals surface area (Å²) in [5, 5.41) is 0. The molecule has 1 atom stereocenters. The van der Waals surface area contributed by atoms with Crippen LogP contribution in [0.5, 0.6) is 0 Å². The fraction of sp³-hybridized carbons (Fsp3) is 0.300. The molecule has 4 heterocycles. The van der Waals surface area contributed by atoms with Gasteiger partial charge in [-0.25, -0.2) is 19.7 Å². The number of rotatable bonds is 4. The Morgan fingerprint density at radius 1 is 1.11 bits per heavy atom. The third kappa shape index (κ3) is 3.80. The van der Waals surface area contributed by atoms with Crippen LogP contribution in [0.25, 0.3) is 11.5 Å². The van der Waals surface area contributed by atoms with Gasteiger partial charge in [0.15, 0.2) is 5.82 Å². The van der Waals surface area contributed by atoms with Gasteiger partial charge in [0, 0.05) is 24.0 Å². The first-order valence-corrected chi connectivity index (χ1v) is 9.06. The molecule has 28 heavy (non-hydrogen) atoms. The summed E-state index contributed by atoms with van der Waals surface area (Å²) in [5.41, 5.74) is 3.45. The van der Waals surface area contributed by atoms with E-state index in [2.05, 4.69) is 24.9 Å². The summed E-state index contributed by atoms with van der Waals surface area (Å²) < 4.78 is 5.23. The van der Waals surface area contributed by atoms with Crippen LogP contribution in [0.4, 0.5) is 10.7 Å². The molecule has 8 heteroatoms. The fourth-order valence-corrected chi connectivity index (χ4v) is 3.05. The molecule has 1 saturated heterocycles. The van der Waals surface area contributed by atoms with Crippen molar-refractivity contribution in [1.29, 1.82) is 0 Å². The number of hydrogen-bond acceptors (Lipinski definition) is 7. The summed E-state index contributed by atoms with van der Waals surface area (Å²) >= 11 is 0. The molecule has 3 aromatic rings. The van der Waals surface area contributed by atoms with E-state index in [9.17, 15) is 4.79 Å². The van der Waals surface area contributed by atoms with E-state index in [1.807, 2.05) is 51.1 Å². The Morgan fingerprint density at radius 2 is 1.96 bits per heavy atom. The van der Waals surface area contributed by atoms with Crippen LogP contribution >= 0.6 is 0 Å². The maximum Gasteiger partial charge on any atom is 0.417 e. The van der Waals surface area contributed by atoms with E-state index in [4.69, 9.17) is 4.74 Å². The number of anilines is 1. The highest BCUT2D eigenvalue weighted by Crippen LogP contribution is 2.22. The maximum atomic E-state index is 12.2. The topological polar surface area (TPSA) is 94.0 Å². The minimum Gasteiger partial charge on any atom is -0.444 e. The second-order valence-corrected chi connectivity index (χ2v) is 6.83. The number of aryl methyl sites for hydroxylation is 2. The molecule has 1 amide bonds. The third-order valence-corrected chi connectivity index (χ3v) is 4.31. The van der Waals surface area contributed by atoms with Crippen molar-refractivity contribution in [3.05, 3.63) is 59.3 Å². The first-order chi connectivity index (χ1) is 13.5. The molecular weight excluding hydrogens is 356 g/mol. The number of aromatic nitrogens is 5. The Labute approximate surface area is 162 Å². The zero-order chi connectivity index (χ0) is 19.7. The SMILES string of the molecule is Cc1cc(Cc2nc(-c3cccc(C)n3)nc(N3CC(C)OC3=O)n2)ccn1. The average Bonchev–Trinajstić information content (AvgIpc) is 3.00. The molecule has 0 bridgehead atoms. The standard InChI is InChI=1S/C20H20N6O2/c1-12-5-4-6-16(22-12)18-23-17(10-15-7-8-21-13(2)9-15)24-19(25-18)26-11-14(3)28-20(26)27/h4-9,14H,10-11H2,1-3H3. The molecule has 8 nitrogen and oxygen atoms in total. The van der Waals surface area contributed by atoms with Crippen LogP contribution in [0, 0.1) is 13.8 Å². The molecule has 0 aliphatic carbocycles. The lowest BCUT2D eigenvalue weighted by Crippen LogP contribution is -2.27. The van der Waals surface area contributed by atoms with E-state index in [0.717, 1.165) is 17.0 Å². The Hall–Kier alpha value is -3.42. The quantitative estimate of drug-likeness (QED) is 0.691. The van der Waals surface area contributed by atoms with Gasteiger partial charge in [-0.15, -0.1) is 0 Å². The number of ether oxygens (including phenoxy) is 1. The van der Waals surface area contributed by atoms with Gasteiger partial charge in [0.05, 0.1) is 6.54 Å². The lowest BCUT2D eigenvalue weighted by molar-refractivity contribution is 0.149. The third-order valence-electron chi connectivity index (χ3n) is 4.31. The highest BCUT2D eigenvalue weighted by molar-refractivity contribution is 5.87. The Morgan fingerprint density at radius 3 is 2.68 bits per heavy atom. The molecule has 142 valence electrons. The van der Waals surface area contributed by atoms with E-state index < -0.39 is 6.09 Å². The van der Waals surface area contributed by atoms with Crippen molar-refractivity contribution in [3.63, 3.8) is 0 Å². The number of pyridine rings is 2. The smallest absolute Gasteiger partial charge is 0.417 e. The van der Waals surface area contributed by atoms with Crippen LogP contribution in [0.3, 0.4) is 0 Å². The molecule has 0 spiro atoms. The van der Waals surface area contributed by atoms with Crippen molar-refractivity contribution >= 4 is 12.0 Å². The molecule has 1 aliphatic rings. The van der Waals surface area contributed by atoms with E-state index in [-0.39, 0.29) is 12.1 Å². The molecule has 1 fully saturated rings. The van der Waals surface area contributed by atoms with E-state index >= 15 is 0 Å². The van der Waals surface area contributed by atoms with Crippen LogP contribution in [-0.2, 0) is 11.2 Å². The number of hydrogen-bond donors (Lipinski definition) is 0. The molecule has 1 aliphatic heterocycles. The summed E-state index contributed by atoms with van der Waals surface area (Å²) in [6.45, 7) is 6.08. The molecular formula is C20H20N6O2. The minimum atomic E-state index is -0.451. The molecule has 3 aromatic heterocycles. The lowest BCUT2D eigenvalue weighted by atomic mass is 10.1. The molecule has 1 unspecified atom stereocenters.